The van der Waals surface area contributed by atoms with E-state index in [0.717, 1.165) is 24.9 Å². The average molecular weight is 308 g/mol. The Kier molecular flexibility index (Phi) is 4.33. The summed E-state index contributed by atoms with van der Waals surface area (Å²) in [5, 5.41) is 0. The van der Waals surface area contributed by atoms with Gasteiger partial charge in [-0.15, -0.1) is 0 Å². The molecule has 1 aromatic rings. The summed E-state index contributed by atoms with van der Waals surface area (Å²) in [7, 11) is -1.08. The van der Waals surface area contributed by atoms with E-state index in [1.165, 1.54) is 6.42 Å². The second-order valence-corrected chi connectivity index (χ2v) is 8.42. The molecule has 2 atom stereocenters. The first-order chi connectivity index (χ1) is 10.0. The van der Waals surface area contributed by atoms with Crippen molar-refractivity contribution in [2.75, 3.05) is 26.7 Å². The van der Waals surface area contributed by atoms with Crippen LogP contribution in [0.25, 0.3) is 0 Å². The maximum Gasteiger partial charge on any atom is 0.218 e. The minimum absolute atomic E-state index is 0.122. The SMILES string of the molecule is CN1C[C@@H]2CCC[C@H]1CN(S(=O)(=O)Cc1ccccc1)C2. The van der Waals surface area contributed by atoms with E-state index < -0.39 is 10.0 Å². The zero-order chi connectivity index (χ0) is 14.9. The fourth-order valence-corrected chi connectivity index (χ4v) is 5.22. The Bertz CT molecular complexity index is 573. The molecule has 4 nitrogen and oxygen atoms in total. The standard InChI is InChI=1S/C16H24N2O2S/c1-17-10-15-8-5-9-16(17)12-18(11-15)21(19,20)13-14-6-3-2-4-7-14/h2-4,6-7,15-16H,5,8-13H2,1H3/t15-,16-/m0/s1. The first kappa shape index (κ1) is 15.0. The third-order valence-corrected chi connectivity index (χ3v) is 6.56. The number of fused-ring (bicyclic) bond motifs is 3. The summed E-state index contributed by atoms with van der Waals surface area (Å²) in [5.74, 6) is 0.602. The molecule has 0 radical (unpaired) electrons. The number of rotatable bonds is 3. The maximum atomic E-state index is 12.8. The van der Waals surface area contributed by atoms with E-state index in [-0.39, 0.29) is 5.75 Å². The van der Waals surface area contributed by atoms with Gasteiger partial charge < -0.3 is 4.90 Å². The number of hydrogen-bond donors (Lipinski definition) is 0. The Morgan fingerprint density at radius 2 is 1.86 bits per heavy atom. The van der Waals surface area contributed by atoms with Gasteiger partial charge in [0.1, 0.15) is 0 Å². The van der Waals surface area contributed by atoms with Crippen LogP contribution < -0.4 is 0 Å². The zero-order valence-electron chi connectivity index (χ0n) is 12.6. The molecule has 0 aromatic heterocycles. The smallest absolute Gasteiger partial charge is 0.218 e. The van der Waals surface area contributed by atoms with Crippen LogP contribution in [0.2, 0.25) is 0 Å². The van der Waals surface area contributed by atoms with Crippen molar-refractivity contribution in [3.05, 3.63) is 35.9 Å². The van der Waals surface area contributed by atoms with Crippen LogP contribution >= 0.6 is 0 Å². The van der Waals surface area contributed by atoms with Crippen molar-refractivity contribution in [1.82, 2.24) is 9.21 Å². The largest absolute Gasteiger partial charge is 0.302 e. The minimum Gasteiger partial charge on any atom is -0.302 e. The van der Waals surface area contributed by atoms with E-state index in [1.54, 1.807) is 4.31 Å². The molecular formula is C16H24N2O2S. The van der Waals surface area contributed by atoms with Gasteiger partial charge in [0.25, 0.3) is 0 Å². The first-order valence-electron chi connectivity index (χ1n) is 7.76. The van der Waals surface area contributed by atoms with E-state index in [2.05, 4.69) is 11.9 Å². The Morgan fingerprint density at radius 3 is 2.62 bits per heavy atom. The molecule has 2 heterocycles. The molecule has 0 aliphatic carbocycles. The van der Waals surface area contributed by atoms with E-state index in [1.807, 2.05) is 30.3 Å². The summed E-state index contributed by atoms with van der Waals surface area (Å²) in [6.45, 7) is 2.38. The quantitative estimate of drug-likeness (QED) is 0.857. The van der Waals surface area contributed by atoms with Gasteiger partial charge in [-0.25, -0.2) is 8.42 Å². The molecule has 2 aliphatic heterocycles. The lowest BCUT2D eigenvalue weighted by atomic mass is 10.0. The molecule has 0 amide bonds. The van der Waals surface area contributed by atoms with Crippen LogP contribution in [0.15, 0.2) is 30.3 Å². The Balaban J connectivity index is 1.79. The Labute approximate surface area is 127 Å². The summed E-state index contributed by atoms with van der Waals surface area (Å²) in [6, 6.07) is 9.88. The molecule has 0 spiro atoms. The third kappa shape index (κ3) is 3.47. The van der Waals surface area contributed by atoms with Crippen LogP contribution in [0, 0.1) is 5.92 Å². The van der Waals surface area contributed by atoms with Gasteiger partial charge in [0.15, 0.2) is 0 Å². The first-order valence-corrected chi connectivity index (χ1v) is 9.37. The van der Waals surface area contributed by atoms with Crippen molar-refractivity contribution in [1.29, 1.82) is 0 Å². The summed E-state index contributed by atoms with van der Waals surface area (Å²) in [5.41, 5.74) is 0.875. The fourth-order valence-electron chi connectivity index (χ4n) is 3.59. The predicted octanol–water partition coefficient (Wildman–Crippen LogP) is 1.93. The van der Waals surface area contributed by atoms with E-state index in [9.17, 15) is 8.42 Å². The molecule has 116 valence electrons. The van der Waals surface area contributed by atoms with Crippen molar-refractivity contribution >= 4 is 10.0 Å². The average Bonchev–Trinajstić information content (AvgIpc) is 2.68. The highest BCUT2D eigenvalue weighted by Gasteiger charge is 2.35. The lowest BCUT2D eigenvalue weighted by Gasteiger charge is -2.29. The molecular weight excluding hydrogens is 284 g/mol. The summed E-state index contributed by atoms with van der Waals surface area (Å²) < 4.78 is 27.3. The number of nitrogens with zero attached hydrogens (tertiary/aromatic N) is 2. The highest BCUT2D eigenvalue weighted by molar-refractivity contribution is 7.88. The monoisotopic (exact) mass is 308 g/mol. The predicted molar refractivity (Wildman–Crippen MR) is 84.4 cm³/mol. The van der Waals surface area contributed by atoms with Gasteiger partial charge in [0.2, 0.25) is 10.0 Å². The fraction of sp³-hybridized carbons (Fsp3) is 0.625. The summed E-state index contributed by atoms with van der Waals surface area (Å²) in [4.78, 5) is 2.36. The summed E-state index contributed by atoms with van der Waals surface area (Å²) in [6.07, 6.45) is 3.49. The normalized spacial score (nSPS) is 28.2. The van der Waals surface area contributed by atoms with Gasteiger partial charge in [-0.2, -0.15) is 4.31 Å². The Hall–Kier alpha value is -0.910. The van der Waals surface area contributed by atoms with Crippen molar-refractivity contribution in [3.63, 3.8) is 0 Å². The lowest BCUT2D eigenvalue weighted by molar-refractivity contribution is 0.236. The van der Waals surface area contributed by atoms with Crippen LogP contribution in [-0.4, -0.2) is 50.3 Å². The molecule has 2 saturated heterocycles. The number of likely N-dealkylation sites (N-methyl/N-ethyl adjacent to an activating group) is 1. The highest BCUT2D eigenvalue weighted by atomic mass is 32.2. The van der Waals surface area contributed by atoms with Crippen molar-refractivity contribution in [3.8, 4) is 0 Å². The molecule has 5 heteroatoms. The minimum atomic E-state index is -3.22. The van der Waals surface area contributed by atoms with Crippen LogP contribution in [0.3, 0.4) is 0 Å². The molecule has 2 aliphatic rings. The van der Waals surface area contributed by atoms with Gasteiger partial charge >= 0.3 is 0 Å². The van der Waals surface area contributed by atoms with Crippen LogP contribution in [0.1, 0.15) is 24.8 Å². The van der Waals surface area contributed by atoms with E-state index in [4.69, 9.17) is 0 Å². The molecule has 0 saturated carbocycles. The summed E-state index contributed by atoms with van der Waals surface area (Å²) >= 11 is 0. The van der Waals surface area contributed by atoms with Crippen molar-refractivity contribution in [2.45, 2.75) is 31.1 Å². The zero-order valence-corrected chi connectivity index (χ0v) is 13.4. The van der Waals surface area contributed by atoms with Crippen LogP contribution in [-0.2, 0) is 15.8 Å². The van der Waals surface area contributed by atoms with Gasteiger partial charge in [-0.3, -0.25) is 0 Å². The number of sulfonamides is 1. The number of hydrogen-bond acceptors (Lipinski definition) is 3. The second kappa shape index (κ2) is 6.07. The molecule has 2 bridgehead atoms. The van der Waals surface area contributed by atoms with Gasteiger partial charge in [-0.05, 0) is 31.4 Å². The molecule has 2 fully saturated rings. The Morgan fingerprint density at radius 1 is 1.10 bits per heavy atom. The molecule has 21 heavy (non-hydrogen) atoms. The molecule has 1 aromatic carbocycles. The topological polar surface area (TPSA) is 40.6 Å². The molecule has 0 N–H and O–H groups in total. The van der Waals surface area contributed by atoms with E-state index in [0.29, 0.717) is 25.0 Å². The number of benzene rings is 1. The van der Waals surface area contributed by atoms with Gasteiger partial charge in [0.05, 0.1) is 5.75 Å². The third-order valence-electron chi connectivity index (χ3n) is 4.78. The van der Waals surface area contributed by atoms with Gasteiger partial charge in [0, 0.05) is 25.7 Å². The molecule has 3 rings (SSSR count). The van der Waals surface area contributed by atoms with Crippen LogP contribution in [0.4, 0.5) is 0 Å². The van der Waals surface area contributed by atoms with Crippen LogP contribution in [0.5, 0.6) is 0 Å². The van der Waals surface area contributed by atoms with Crippen molar-refractivity contribution < 1.29 is 8.42 Å². The van der Waals surface area contributed by atoms with Crippen molar-refractivity contribution in [2.24, 2.45) is 5.92 Å². The lowest BCUT2D eigenvalue weighted by Crippen LogP contribution is -2.42. The molecule has 0 unspecified atom stereocenters. The maximum absolute atomic E-state index is 12.8. The van der Waals surface area contributed by atoms with Gasteiger partial charge in [-0.1, -0.05) is 36.8 Å². The van der Waals surface area contributed by atoms with E-state index >= 15 is 0 Å². The highest BCUT2D eigenvalue weighted by Crippen LogP contribution is 2.27. The second-order valence-electron chi connectivity index (χ2n) is 6.45.